The van der Waals surface area contributed by atoms with E-state index in [0.717, 1.165) is 12.8 Å². The van der Waals surface area contributed by atoms with Crippen LogP contribution in [0.2, 0.25) is 0 Å². The molecule has 0 spiro atoms. The molecule has 1 aromatic carbocycles. The van der Waals surface area contributed by atoms with Gasteiger partial charge in [-0.2, -0.15) is 0 Å². The Balaban J connectivity index is 1.99. The van der Waals surface area contributed by atoms with E-state index >= 15 is 0 Å². The number of carbonyl (C=O) groups is 1. The number of hydrogen-bond donors (Lipinski definition) is 1. The van der Waals surface area contributed by atoms with E-state index in [1.807, 2.05) is 24.3 Å². The molecular weight excluding hydrogens is 284 g/mol. The summed E-state index contributed by atoms with van der Waals surface area (Å²) >= 11 is 1.25. The van der Waals surface area contributed by atoms with E-state index in [4.69, 9.17) is 0 Å². The predicted octanol–water partition coefficient (Wildman–Crippen LogP) is 3.01. The zero-order valence-electron chi connectivity index (χ0n) is 12.2. The number of ketones is 1. The maximum atomic E-state index is 12.1. The number of aryl methyl sites for hydroxylation is 2. The molecule has 2 rings (SSSR count). The molecule has 0 amide bonds. The molecule has 0 aliphatic heterocycles. The average molecular weight is 302 g/mol. The molecule has 5 heteroatoms. The summed E-state index contributed by atoms with van der Waals surface area (Å²) in [5.41, 5.74) is 2.39. The summed E-state index contributed by atoms with van der Waals surface area (Å²) in [6, 6.07) is 9.14. The molecule has 1 aromatic heterocycles. The number of benzene rings is 1. The first-order valence-corrected chi connectivity index (χ1v) is 7.90. The second kappa shape index (κ2) is 7.22. The van der Waals surface area contributed by atoms with Gasteiger partial charge >= 0.3 is 0 Å². The molecule has 0 fully saturated rings. The van der Waals surface area contributed by atoms with E-state index in [0.29, 0.717) is 16.4 Å². The van der Waals surface area contributed by atoms with Crippen LogP contribution in [-0.2, 0) is 6.42 Å². The summed E-state index contributed by atoms with van der Waals surface area (Å²) in [6.45, 7) is 3.89. The van der Waals surface area contributed by atoms with Crippen molar-refractivity contribution in [3.05, 3.63) is 57.5 Å². The fourth-order valence-electron chi connectivity index (χ4n) is 1.98. The third kappa shape index (κ3) is 4.56. The monoisotopic (exact) mass is 302 g/mol. The van der Waals surface area contributed by atoms with Crippen LogP contribution in [0.4, 0.5) is 0 Å². The number of carbonyl (C=O) groups excluding carboxylic acids is 1. The molecule has 0 radical (unpaired) electrons. The Morgan fingerprint density at radius 3 is 2.62 bits per heavy atom. The van der Waals surface area contributed by atoms with Gasteiger partial charge in [0.2, 0.25) is 0 Å². The molecule has 0 atom stereocenters. The lowest BCUT2D eigenvalue weighted by atomic mass is 10.1. The van der Waals surface area contributed by atoms with Crippen molar-refractivity contribution in [2.24, 2.45) is 0 Å². The first-order chi connectivity index (χ1) is 10.1. The van der Waals surface area contributed by atoms with E-state index < -0.39 is 0 Å². The average Bonchev–Trinajstić information content (AvgIpc) is 2.45. The van der Waals surface area contributed by atoms with Crippen LogP contribution in [0.15, 0.2) is 40.3 Å². The van der Waals surface area contributed by atoms with Gasteiger partial charge in [0.05, 0.1) is 5.75 Å². The van der Waals surface area contributed by atoms with Crippen LogP contribution in [-0.4, -0.2) is 21.5 Å². The maximum Gasteiger partial charge on any atom is 0.251 e. The molecule has 1 N–H and O–H groups in total. The first kappa shape index (κ1) is 15.5. The highest BCUT2D eigenvalue weighted by atomic mass is 32.2. The number of H-pyrrole nitrogens is 1. The van der Waals surface area contributed by atoms with E-state index in [1.54, 1.807) is 6.92 Å². The Hall–Kier alpha value is -1.88. The Labute approximate surface area is 128 Å². The molecule has 2 aromatic rings. The summed E-state index contributed by atoms with van der Waals surface area (Å²) in [4.78, 5) is 30.3. The number of thioether (sulfide) groups is 1. The normalized spacial score (nSPS) is 10.6. The summed E-state index contributed by atoms with van der Waals surface area (Å²) in [7, 11) is 0. The number of rotatable bonds is 6. The highest BCUT2D eigenvalue weighted by Crippen LogP contribution is 2.15. The van der Waals surface area contributed by atoms with Crippen LogP contribution >= 0.6 is 11.8 Å². The van der Waals surface area contributed by atoms with Gasteiger partial charge in [-0.1, -0.05) is 49.4 Å². The molecule has 4 nitrogen and oxygen atoms in total. The fourth-order valence-corrected chi connectivity index (χ4v) is 2.80. The van der Waals surface area contributed by atoms with Gasteiger partial charge in [-0.3, -0.25) is 9.59 Å². The van der Waals surface area contributed by atoms with Gasteiger partial charge in [0, 0.05) is 17.3 Å². The molecule has 0 unspecified atom stereocenters. The van der Waals surface area contributed by atoms with Gasteiger partial charge in [-0.05, 0) is 18.9 Å². The number of Topliss-reactive ketones (excluding diaryl/α,β-unsaturated/α-hetero) is 1. The minimum atomic E-state index is -0.193. The number of aromatic nitrogens is 2. The van der Waals surface area contributed by atoms with Crippen LogP contribution in [0.5, 0.6) is 0 Å². The van der Waals surface area contributed by atoms with E-state index in [2.05, 4.69) is 16.9 Å². The lowest BCUT2D eigenvalue weighted by Crippen LogP contribution is -2.10. The molecule has 0 aliphatic carbocycles. The van der Waals surface area contributed by atoms with E-state index in [1.165, 1.54) is 23.4 Å². The van der Waals surface area contributed by atoms with Gasteiger partial charge in [0.15, 0.2) is 10.9 Å². The quantitative estimate of drug-likeness (QED) is 0.506. The SMILES string of the molecule is CCCc1ccc(C(=O)CSc2nc(C)cc(=O)[nH]2)cc1. The third-order valence-electron chi connectivity index (χ3n) is 3.00. The van der Waals surface area contributed by atoms with Crippen molar-refractivity contribution in [2.75, 3.05) is 5.75 Å². The molecule has 110 valence electrons. The number of nitrogens with zero attached hydrogens (tertiary/aromatic N) is 1. The zero-order valence-corrected chi connectivity index (χ0v) is 13.0. The van der Waals surface area contributed by atoms with Crippen molar-refractivity contribution >= 4 is 17.5 Å². The number of hydrogen-bond acceptors (Lipinski definition) is 4. The smallest absolute Gasteiger partial charge is 0.251 e. The van der Waals surface area contributed by atoms with Gasteiger partial charge in [-0.15, -0.1) is 0 Å². The Kier molecular flexibility index (Phi) is 5.33. The lowest BCUT2D eigenvalue weighted by molar-refractivity contribution is 0.102. The lowest BCUT2D eigenvalue weighted by Gasteiger charge is -2.03. The van der Waals surface area contributed by atoms with E-state index in [-0.39, 0.29) is 17.1 Å². The predicted molar refractivity (Wildman–Crippen MR) is 85.1 cm³/mol. The summed E-state index contributed by atoms with van der Waals surface area (Å²) in [5, 5.41) is 0.482. The zero-order chi connectivity index (χ0) is 15.2. The fraction of sp³-hybridized carbons (Fsp3) is 0.312. The second-order valence-corrected chi connectivity index (χ2v) is 5.81. The van der Waals surface area contributed by atoms with Crippen LogP contribution in [0.25, 0.3) is 0 Å². The van der Waals surface area contributed by atoms with Gasteiger partial charge in [0.25, 0.3) is 5.56 Å². The maximum absolute atomic E-state index is 12.1. The third-order valence-corrected chi connectivity index (χ3v) is 3.88. The summed E-state index contributed by atoms with van der Waals surface area (Å²) in [5.74, 6) is 0.298. The van der Waals surface area contributed by atoms with Crippen molar-refractivity contribution in [2.45, 2.75) is 31.8 Å². The molecule has 0 saturated heterocycles. The van der Waals surface area contributed by atoms with E-state index in [9.17, 15) is 9.59 Å². The largest absolute Gasteiger partial charge is 0.301 e. The topological polar surface area (TPSA) is 62.8 Å². The summed E-state index contributed by atoms with van der Waals surface area (Å²) < 4.78 is 0. The molecule has 0 aliphatic rings. The minimum Gasteiger partial charge on any atom is -0.301 e. The van der Waals surface area contributed by atoms with Crippen molar-refractivity contribution in [1.82, 2.24) is 9.97 Å². The van der Waals surface area contributed by atoms with Crippen LogP contribution in [0.3, 0.4) is 0 Å². The van der Waals surface area contributed by atoms with Gasteiger partial charge < -0.3 is 4.98 Å². The molecule has 0 saturated carbocycles. The van der Waals surface area contributed by atoms with Crippen molar-refractivity contribution in [1.29, 1.82) is 0 Å². The van der Waals surface area contributed by atoms with Gasteiger partial charge in [-0.25, -0.2) is 4.98 Å². The first-order valence-electron chi connectivity index (χ1n) is 6.91. The van der Waals surface area contributed by atoms with Gasteiger partial charge in [0.1, 0.15) is 0 Å². The minimum absolute atomic E-state index is 0.0344. The van der Waals surface area contributed by atoms with Crippen LogP contribution in [0.1, 0.15) is 35.0 Å². The van der Waals surface area contributed by atoms with Crippen molar-refractivity contribution in [3.63, 3.8) is 0 Å². The van der Waals surface area contributed by atoms with Crippen molar-refractivity contribution < 1.29 is 4.79 Å². The summed E-state index contributed by atoms with van der Waals surface area (Å²) in [6.07, 6.45) is 2.12. The molecule has 1 heterocycles. The second-order valence-electron chi connectivity index (χ2n) is 4.85. The number of aromatic amines is 1. The highest BCUT2D eigenvalue weighted by molar-refractivity contribution is 7.99. The van der Waals surface area contributed by atoms with Crippen molar-refractivity contribution in [3.8, 4) is 0 Å². The highest BCUT2D eigenvalue weighted by Gasteiger charge is 2.08. The Bertz CT molecular complexity index is 677. The van der Waals surface area contributed by atoms with Crippen LogP contribution in [0, 0.1) is 6.92 Å². The van der Waals surface area contributed by atoms with Crippen LogP contribution < -0.4 is 5.56 Å². The molecular formula is C16H18N2O2S. The number of nitrogens with one attached hydrogen (secondary N) is 1. The Morgan fingerprint density at radius 1 is 1.29 bits per heavy atom. The standard InChI is InChI=1S/C16H18N2O2S/c1-3-4-12-5-7-13(8-6-12)14(19)10-21-16-17-11(2)9-15(20)18-16/h5-9H,3-4,10H2,1-2H3,(H,17,18,20). The Morgan fingerprint density at radius 2 is 2.00 bits per heavy atom. The molecule has 0 bridgehead atoms. The molecule has 21 heavy (non-hydrogen) atoms.